The number of unbranched alkanes of at least 4 members (excludes halogenated alkanes) is 2. The minimum Gasteiger partial charge on any atom is -0.192 e. The lowest BCUT2D eigenvalue weighted by molar-refractivity contribution is 0.717. The van der Waals surface area contributed by atoms with Crippen LogP contribution in [0.3, 0.4) is 0 Å². The Kier molecular flexibility index (Phi) is 7.33. The van der Waals surface area contributed by atoms with E-state index in [0.29, 0.717) is 5.56 Å². The molecule has 2 atom stereocenters. The van der Waals surface area contributed by atoms with Gasteiger partial charge in [0.1, 0.15) is 0 Å². The van der Waals surface area contributed by atoms with Gasteiger partial charge in [-0.3, -0.25) is 0 Å². The first-order valence-corrected chi connectivity index (χ1v) is 9.86. The summed E-state index contributed by atoms with van der Waals surface area (Å²) in [5.74, 6) is 0. The van der Waals surface area contributed by atoms with Gasteiger partial charge in [0, 0.05) is 0 Å². The van der Waals surface area contributed by atoms with Crippen LogP contribution < -0.4 is 0 Å². The maximum atomic E-state index is 8.89. The Bertz CT molecular complexity index is 641. The highest BCUT2D eigenvalue weighted by Gasteiger charge is 2.19. The average Bonchev–Trinajstić information content (AvgIpc) is 2.61. The molecule has 2 aromatic rings. The minimum absolute atomic E-state index is 0.168. The van der Waals surface area contributed by atoms with E-state index in [1.165, 1.54) is 30.4 Å². The van der Waals surface area contributed by atoms with Crippen molar-refractivity contribution in [3.8, 4) is 6.07 Å². The summed E-state index contributed by atoms with van der Waals surface area (Å²) >= 11 is 7.57. The van der Waals surface area contributed by atoms with Crippen LogP contribution >= 0.6 is 31.9 Å². The van der Waals surface area contributed by atoms with Crippen LogP contribution in [-0.2, 0) is 6.42 Å². The van der Waals surface area contributed by atoms with E-state index in [0.717, 1.165) is 12.0 Å². The largest absolute Gasteiger partial charge is 0.192 e. The third-order valence-corrected chi connectivity index (χ3v) is 6.81. The quantitative estimate of drug-likeness (QED) is 0.344. The van der Waals surface area contributed by atoms with Gasteiger partial charge in [-0.1, -0.05) is 88.0 Å². The maximum absolute atomic E-state index is 8.89. The third kappa shape index (κ3) is 5.19. The lowest BCUT2D eigenvalue weighted by Gasteiger charge is -2.18. The molecule has 23 heavy (non-hydrogen) atoms. The number of hydrogen-bond acceptors (Lipinski definition) is 1. The number of benzene rings is 2. The molecule has 0 saturated heterocycles. The van der Waals surface area contributed by atoms with E-state index >= 15 is 0 Å². The Morgan fingerprint density at radius 3 is 1.87 bits per heavy atom. The van der Waals surface area contributed by atoms with Gasteiger partial charge in [-0.25, -0.2) is 0 Å². The number of hydrogen-bond donors (Lipinski definition) is 0. The molecule has 0 aromatic heterocycles. The van der Waals surface area contributed by atoms with Gasteiger partial charge in [0.05, 0.1) is 21.3 Å². The Morgan fingerprint density at radius 2 is 1.39 bits per heavy atom. The van der Waals surface area contributed by atoms with Crippen molar-refractivity contribution in [3.63, 3.8) is 0 Å². The van der Waals surface area contributed by atoms with Gasteiger partial charge in [-0.15, -0.1) is 0 Å². The molecular formula is C20H21Br2N. The Labute approximate surface area is 156 Å². The summed E-state index contributed by atoms with van der Waals surface area (Å²) in [5.41, 5.74) is 4.52. The van der Waals surface area contributed by atoms with E-state index in [1.54, 1.807) is 0 Å². The molecule has 0 spiro atoms. The van der Waals surface area contributed by atoms with Crippen LogP contribution in [0, 0.1) is 11.3 Å². The number of aryl methyl sites for hydroxylation is 1. The van der Waals surface area contributed by atoms with Crippen LogP contribution in [0.25, 0.3) is 0 Å². The average molecular weight is 435 g/mol. The zero-order valence-corrected chi connectivity index (χ0v) is 16.5. The van der Waals surface area contributed by atoms with Crippen molar-refractivity contribution in [1.82, 2.24) is 0 Å². The zero-order valence-electron chi connectivity index (χ0n) is 13.3. The molecule has 0 saturated carbocycles. The first-order valence-electron chi connectivity index (χ1n) is 8.02. The molecule has 0 aliphatic heterocycles. The van der Waals surface area contributed by atoms with Crippen LogP contribution in [0.5, 0.6) is 0 Å². The van der Waals surface area contributed by atoms with Crippen LogP contribution in [0.4, 0.5) is 0 Å². The van der Waals surface area contributed by atoms with Crippen LogP contribution in [0.2, 0.25) is 0 Å². The molecule has 0 amide bonds. The van der Waals surface area contributed by atoms with Crippen molar-refractivity contribution in [2.45, 2.75) is 42.3 Å². The summed E-state index contributed by atoms with van der Waals surface area (Å²) in [7, 11) is 0. The number of rotatable bonds is 7. The summed E-state index contributed by atoms with van der Waals surface area (Å²) in [6.07, 6.45) is 4.98. The summed E-state index contributed by atoms with van der Waals surface area (Å²) in [4.78, 5) is 0.362. The minimum atomic E-state index is 0.168. The lowest BCUT2D eigenvalue weighted by Crippen LogP contribution is -2.00. The van der Waals surface area contributed by atoms with Crippen molar-refractivity contribution in [1.29, 1.82) is 5.26 Å². The second-order valence-corrected chi connectivity index (χ2v) is 7.71. The molecule has 0 radical (unpaired) electrons. The SMILES string of the molecule is CCCCCc1ccc(C(Br)C(Br)c2ccc(C#N)cc2)cc1. The van der Waals surface area contributed by atoms with Gasteiger partial charge in [-0.05, 0) is 41.7 Å². The molecule has 3 heteroatoms. The molecule has 0 aliphatic carbocycles. The summed E-state index contributed by atoms with van der Waals surface area (Å²) < 4.78 is 0. The first kappa shape index (κ1) is 18.2. The van der Waals surface area contributed by atoms with Crippen LogP contribution in [-0.4, -0.2) is 0 Å². The standard InChI is InChI=1S/C20H21Br2N/c1-2-3-4-5-15-6-10-17(11-7-15)19(21)20(22)18-12-8-16(14-23)9-13-18/h6-13,19-20H,2-5H2,1H3. The van der Waals surface area contributed by atoms with Gasteiger partial charge in [0.2, 0.25) is 0 Å². The van der Waals surface area contributed by atoms with Crippen molar-refractivity contribution in [2.24, 2.45) is 0 Å². The Hall–Kier alpha value is -1.11. The monoisotopic (exact) mass is 433 g/mol. The predicted molar refractivity (Wildman–Crippen MR) is 104 cm³/mol. The van der Waals surface area contributed by atoms with Gasteiger partial charge in [0.25, 0.3) is 0 Å². The molecule has 1 nitrogen and oxygen atoms in total. The summed E-state index contributed by atoms with van der Waals surface area (Å²) in [6, 6.07) is 18.8. The molecular weight excluding hydrogens is 414 g/mol. The molecule has 2 aromatic carbocycles. The molecule has 2 unspecified atom stereocenters. The number of halogens is 2. The third-order valence-electron chi connectivity index (χ3n) is 3.98. The molecule has 2 rings (SSSR count). The highest BCUT2D eigenvalue weighted by atomic mass is 79.9. The number of nitrogens with zero attached hydrogens (tertiary/aromatic N) is 1. The summed E-state index contributed by atoms with van der Waals surface area (Å²) in [6.45, 7) is 2.23. The molecule has 0 aliphatic rings. The van der Waals surface area contributed by atoms with E-state index < -0.39 is 0 Å². The highest BCUT2D eigenvalue weighted by Crippen LogP contribution is 2.42. The fraction of sp³-hybridized carbons (Fsp3) is 0.350. The number of alkyl halides is 2. The fourth-order valence-corrected chi connectivity index (χ4v) is 3.75. The Balaban J connectivity index is 2.03. The molecule has 0 fully saturated rings. The van der Waals surface area contributed by atoms with E-state index in [-0.39, 0.29) is 9.65 Å². The zero-order chi connectivity index (χ0) is 16.7. The van der Waals surface area contributed by atoms with E-state index in [4.69, 9.17) is 5.26 Å². The van der Waals surface area contributed by atoms with Gasteiger partial charge in [0.15, 0.2) is 0 Å². The fourth-order valence-electron chi connectivity index (χ4n) is 2.53. The number of nitriles is 1. The molecule has 120 valence electrons. The normalized spacial score (nSPS) is 13.3. The van der Waals surface area contributed by atoms with Gasteiger partial charge in [-0.2, -0.15) is 5.26 Å². The Morgan fingerprint density at radius 1 is 0.870 bits per heavy atom. The van der Waals surface area contributed by atoms with Gasteiger partial charge < -0.3 is 0 Å². The van der Waals surface area contributed by atoms with E-state index in [1.807, 2.05) is 24.3 Å². The topological polar surface area (TPSA) is 23.8 Å². The molecule has 0 bridgehead atoms. The second kappa shape index (κ2) is 9.25. The smallest absolute Gasteiger partial charge is 0.0991 e. The van der Waals surface area contributed by atoms with Crippen LogP contribution in [0.1, 0.15) is 58.1 Å². The first-order chi connectivity index (χ1) is 11.2. The van der Waals surface area contributed by atoms with Crippen molar-refractivity contribution < 1.29 is 0 Å². The maximum Gasteiger partial charge on any atom is 0.0991 e. The van der Waals surface area contributed by atoms with E-state index in [2.05, 4.69) is 69.1 Å². The van der Waals surface area contributed by atoms with Crippen molar-refractivity contribution in [3.05, 3.63) is 70.8 Å². The molecule has 0 heterocycles. The van der Waals surface area contributed by atoms with Crippen molar-refractivity contribution in [2.75, 3.05) is 0 Å². The van der Waals surface area contributed by atoms with Gasteiger partial charge >= 0.3 is 0 Å². The van der Waals surface area contributed by atoms with E-state index in [9.17, 15) is 0 Å². The molecule has 0 N–H and O–H groups in total. The summed E-state index contributed by atoms with van der Waals surface area (Å²) in [5, 5.41) is 8.89. The highest BCUT2D eigenvalue weighted by molar-refractivity contribution is 9.12. The lowest BCUT2D eigenvalue weighted by atomic mass is 10.0. The van der Waals surface area contributed by atoms with Crippen LogP contribution in [0.15, 0.2) is 48.5 Å². The van der Waals surface area contributed by atoms with Crippen molar-refractivity contribution >= 4 is 31.9 Å². The predicted octanol–water partition coefficient (Wildman–Crippen LogP) is 6.86. The second-order valence-electron chi connectivity index (χ2n) is 5.74.